The molecule has 0 saturated carbocycles. The number of hydrogen-bond acceptors (Lipinski definition) is 3. The summed E-state index contributed by atoms with van der Waals surface area (Å²) in [4.78, 5) is 23.5. The van der Waals surface area contributed by atoms with Crippen molar-refractivity contribution in [3.8, 4) is 11.3 Å². The zero-order chi connectivity index (χ0) is 19.9. The zero-order valence-electron chi connectivity index (χ0n) is 15.5. The Kier molecular flexibility index (Phi) is 6.22. The number of aryl methyl sites for hydroxylation is 1. The predicted octanol–water partition coefficient (Wildman–Crippen LogP) is 3.95. The topological polar surface area (TPSA) is 71.3 Å². The highest BCUT2D eigenvalue weighted by atomic mass is 19.1. The fourth-order valence-electron chi connectivity index (χ4n) is 2.76. The molecule has 0 aliphatic heterocycles. The molecule has 0 spiro atoms. The molecule has 1 aromatic heterocycles. The molecule has 6 heteroatoms. The fraction of sp³-hybridized carbons (Fsp3) is 0.182. The lowest BCUT2D eigenvalue weighted by atomic mass is 10.1. The number of anilines is 1. The van der Waals surface area contributed by atoms with E-state index < -0.39 is 0 Å². The van der Waals surface area contributed by atoms with Gasteiger partial charge in [-0.3, -0.25) is 9.59 Å². The molecule has 0 atom stereocenters. The number of nitrogens with one attached hydrogen (secondary N) is 2. The molecule has 0 unspecified atom stereocenters. The summed E-state index contributed by atoms with van der Waals surface area (Å²) < 4.78 is 19.5. The summed E-state index contributed by atoms with van der Waals surface area (Å²) in [5.74, 6) is 0.503. The Morgan fingerprint density at radius 3 is 2.43 bits per heavy atom. The van der Waals surface area contributed by atoms with Crippen LogP contribution in [-0.4, -0.2) is 18.9 Å². The summed E-state index contributed by atoms with van der Waals surface area (Å²) in [6, 6.07) is 17.0. The summed E-state index contributed by atoms with van der Waals surface area (Å²) in [6.45, 7) is 0. The second kappa shape index (κ2) is 8.99. The summed E-state index contributed by atoms with van der Waals surface area (Å²) in [7, 11) is 1.59. The number of carbonyl (C=O) groups excluding carboxylic acids is 2. The van der Waals surface area contributed by atoms with E-state index in [9.17, 15) is 14.0 Å². The van der Waals surface area contributed by atoms with Crippen molar-refractivity contribution in [3.05, 3.63) is 77.8 Å². The third-order valence-corrected chi connectivity index (χ3v) is 4.28. The van der Waals surface area contributed by atoms with E-state index in [1.165, 1.54) is 6.07 Å². The Hall–Kier alpha value is -3.41. The zero-order valence-corrected chi connectivity index (χ0v) is 15.5. The molecule has 3 aromatic rings. The fourth-order valence-corrected chi connectivity index (χ4v) is 2.76. The van der Waals surface area contributed by atoms with Crippen LogP contribution in [0.3, 0.4) is 0 Å². The van der Waals surface area contributed by atoms with Gasteiger partial charge in [0.05, 0.1) is 12.0 Å². The van der Waals surface area contributed by atoms with Crippen LogP contribution >= 0.6 is 0 Å². The van der Waals surface area contributed by atoms with Crippen molar-refractivity contribution in [2.45, 2.75) is 19.3 Å². The number of amides is 2. The minimum absolute atomic E-state index is 0.0648. The van der Waals surface area contributed by atoms with Gasteiger partial charge in [-0.2, -0.15) is 0 Å². The van der Waals surface area contributed by atoms with Crippen molar-refractivity contribution in [1.82, 2.24) is 5.32 Å². The van der Waals surface area contributed by atoms with E-state index in [2.05, 4.69) is 10.6 Å². The van der Waals surface area contributed by atoms with Crippen LogP contribution in [0.5, 0.6) is 0 Å². The standard InChI is InChI=1S/C22H21FN2O3/c1-24-22(27)14-15-6-8-16(9-7-15)25-21(26)13-11-17-10-12-20(28-17)18-4-2-3-5-19(18)23/h2-10,12H,11,13-14H2,1H3,(H,24,27)(H,25,26). The normalized spacial score (nSPS) is 10.5. The van der Waals surface area contributed by atoms with Crippen LogP contribution in [0.1, 0.15) is 17.7 Å². The molecule has 1 heterocycles. The Morgan fingerprint density at radius 1 is 0.964 bits per heavy atom. The molecule has 3 rings (SSSR count). The number of hydrogen-bond donors (Lipinski definition) is 2. The third-order valence-electron chi connectivity index (χ3n) is 4.28. The molecular weight excluding hydrogens is 359 g/mol. The van der Waals surface area contributed by atoms with Gasteiger partial charge in [-0.25, -0.2) is 4.39 Å². The minimum Gasteiger partial charge on any atom is -0.461 e. The van der Waals surface area contributed by atoms with Crippen LogP contribution in [0.25, 0.3) is 11.3 Å². The van der Waals surface area contributed by atoms with Crippen LogP contribution < -0.4 is 10.6 Å². The van der Waals surface area contributed by atoms with E-state index in [1.54, 1.807) is 61.6 Å². The Labute approximate surface area is 162 Å². The highest BCUT2D eigenvalue weighted by molar-refractivity contribution is 5.90. The number of halogens is 1. The highest BCUT2D eigenvalue weighted by Gasteiger charge is 2.11. The maximum atomic E-state index is 13.8. The summed E-state index contributed by atoms with van der Waals surface area (Å²) >= 11 is 0. The number of benzene rings is 2. The van der Waals surface area contributed by atoms with Gasteiger partial charge < -0.3 is 15.1 Å². The van der Waals surface area contributed by atoms with Crippen molar-refractivity contribution < 1.29 is 18.4 Å². The number of furan rings is 1. The molecule has 0 aliphatic carbocycles. The monoisotopic (exact) mass is 380 g/mol. The molecule has 2 amide bonds. The number of carbonyl (C=O) groups is 2. The van der Waals surface area contributed by atoms with E-state index in [0.717, 1.165) is 5.56 Å². The maximum absolute atomic E-state index is 13.8. The van der Waals surface area contributed by atoms with E-state index in [0.29, 0.717) is 35.6 Å². The van der Waals surface area contributed by atoms with Crippen LogP contribution in [-0.2, 0) is 22.4 Å². The molecule has 0 bridgehead atoms. The summed E-state index contributed by atoms with van der Waals surface area (Å²) in [6.07, 6.45) is 0.951. The predicted molar refractivity (Wildman–Crippen MR) is 105 cm³/mol. The van der Waals surface area contributed by atoms with Gasteiger partial charge in [-0.15, -0.1) is 0 Å². The Bertz CT molecular complexity index is 964. The lowest BCUT2D eigenvalue weighted by Crippen LogP contribution is -2.19. The van der Waals surface area contributed by atoms with Gasteiger partial charge in [0, 0.05) is 25.6 Å². The molecule has 2 N–H and O–H groups in total. The van der Waals surface area contributed by atoms with E-state index in [1.807, 2.05) is 0 Å². The SMILES string of the molecule is CNC(=O)Cc1ccc(NC(=O)CCc2ccc(-c3ccccc3F)o2)cc1. The van der Waals surface area contributed by atoms with Gasteiger partial charge in [0.2, 0.25) is 11.8 Å². The first kappa shape index (κ1) is 19.4. The first-order valence-corrected chi connectivity index (χ1v) is 8.98. The summed E-state index contributed by atoms with van der Waals surface area (Å²) in [5, 5.41) is 5.38. The highest BCUT2D eigenvalue weighted by Crippen LogP contribution is 2.25. The first-order valence-electron chi connectivity index (χ1n) is 8.98. The van der Waals surface area contributed by atoms with Crippen LogP contribution in [0.15, 0.2) is 65.1 Å². The lowest BCUT2D eigenvalue weighted by molar-refractivity contribution is -0.120. The summed E-state index contributed by atoms with van der Waals surface area (Å²) in [5.41, 5.74) is 1.93. The van der Waals surface area contributed by atoms with Gasteiger partial charge in [-0.1, -0.05) is 24.3 Å². The van der Waals surface area contributed by atoms with Crippen molar-refractivity contribution in [2.75, 3.05) is 12.4 Å². The second-order valence-electron chi connectivity index (χ2n) is 6.34. The largest absolute Gasteiger partial charge is 0.461 e. The van der Waals surface area contributed by atoms with Crippen molar-refractivity contribution in [2.24, 2.45) is 0 Å². The van der Waals surface area contributed by atoms with E-state index in [-0.39, 0.29) is 24.1 Å². The van der Waals surface area contributed by atoms with Crippen LogP contribution in [0, 0.1) is 5.82 Å². The number of rotatable bonds is 7. The second-order valence-corrected chi connectivity index (χ2v) is 6.34. The van der Waals surface area contributed by atoms with Gasteiger partial charge in [0.1, 0.15) is 17.3 Å². The van der Waals surface area contributed by atoms with Crippen molar-refractivity contribution >= 4 is 17.5 Å². The molecule has 0 saturated heterocycles. The van der Waals surface area contributed by atoms with Gasteiger partial charge in [-0.05, 0) is 42.0 Å². The third kappa shape index (κ3) is 5.07. The number of likely N-dealkylation sites (N-methyl/N-ethyl adjacent to an activating group) is 1. The molecule has 0 fully saturated rings. The molecule has 0 radical (unpaired) electrons. The lowest BCUT2D eigenvalue weighted by Gasteiger charge is -2.06. The van der Waals surface area contributed by atoms with Crippen molar-refractivity contribution in [3.63, 3.8) is 0 Å². The first-order chi connectivity index (χ1) is 13.5. The quantitative estimate of drug-likeness (QED) is 0.652. The Balaban J connectivity index is 1.52. The molecule has 5 nitrogen and oxygen atoms in total. The Morgan fingerprint density at radius 2 is 1.71 bits per heavy atom. The van der Waals surface area contributed by atoms with Crippen molar-refractivity contribution in [1.29, 1.82) is 0 Å². The maximum Gasteiger partial charge on any atom is 0.224 e. The van der Waals surface area contributed by atoms with Gasteiger partial charge in [0.25, 0.3) is 0 Å². The van der Waals surface area contributed by atoms with E-state index in [4.69, 9.17) is 4.42 Å². The molecule has 0 aliphatic rings. The minimum atomic E-state index is -0.346. The molecular formula is C22H21FN2O3. The average molecular weight is 380 g/mol. The molecule has 144 valence electrons. The van der Waals surface area contributed by atoms with E-state index >= 15 is 0 Å². The van der Waals surface area contributed by atoms with Gasteiger partial charge in [0.15, 0.2) is 0 Å². The molecule has 2 aromatic carbocycles. The van der Waals surface area contributed by atoms with Gasteiger partial charge >= 0.3 is 0 Å². The smallest absolute Gasteiger partial charge is 0.224 e. The average Bonchev–Trinajstić information content (AvgIpc) is 3.17. The van der Waals surface area contributed by atoms with Crippen LogP contribution in [0.4, 0.5) is 10.1 Å². The van der Waals surface area contributed by atoms with Crippen LogP contribution in [0.2, 0.25) is 0 Å². The molecule has 28 heavy (non-hydrogen) atoms.